The van der Waals surface area contributed by atoms with Gasteiger partial charge in [-0.1, -0.05) is 6.42 Å². The monoisotopic (exact) mass is 315 g/mol. The summed E-state index contributed by atoms with van der Waals surface area (Å²) < 4.78 is 0.828. The fraction of sp³-hybridized carbons (Fsp3) is 0.500. The number of amides is 1. The molecule has 0 saturated carbocycles. The molecule has 1 aliphatic rings. The summed E-state index contributed by atoms with van der Waals surface area (Å²) in [6, 6.07) is 1.86. The molecule has 0 unspecified atom stereocenters. The molecule has 3 nitrogen and oxygen atoms in total. The SMILES string of the molecule is O=C(CN1CCCCCC1=O)c1sccc1Br. The number of nitrogens with zero attached hydrogens (tertiary/aromatic N) is 1. The van der Waals surface area contributed by atoms with Gasteiger partial charge in [0.15, 0.2) is 5.78 Å². The highest BCUT2D eigenvalue weighted by Gasteiger charge is 2.21. The first-order chi connectivity index (χ1) is 8.18. The molecule has 0 aliphatic carbocycles. The molecule has 0 aromatic carbocycles. The Hall–Kier alpha value is -0.680. The van der Waals surface area contributed by atoms with E-state index in [0.717, 1.165) is 23.7 Å². The lowest BCUT2D eigenvalue weighted by atomic mass is 10.2. The molecule has 2 rings (SSSR count). The number of likely N-dealkylation sites (tertiary alicyclic amines) is 1. The average molecular weight is 316 g/mol. The molecule has 0 spiro atoms. The first-order valence-corrected chi connectivity index (χ1v) is 7.39. The molecule has 0 N–H and O–H groups in total. The van der Waals surface area contributed by atoms with Crippen molar-refractivity contribution in [2.24, 2.45) is 0 Å². The maximum Gasteiger partial charge on any atom is 0.222 e. The highest BCUT2D eigenvalue weighted by Crippen LogP contribution is 2.23. The minimum atomic E-state index is 0.0297. The van der Waals surface area contributed by atoms with Gasteiger partial charge in [-0.2, -0.15) is 0 Å². The van der Waals surface area contributed by atoms with E-state index in [0.29, 0.717) is 17.8 Å². The third kappa shape index (κ3) is 3.16. The Morgan fingerprint density at radius 1 is 1.41 bits per heavy atom. The number of ketones is 1. The van der Waals surface area contributed by atoms with Crippen molar-refractivity contribution >= 4 is 39.0 Å². The summed E-state index contributed by atoms with van der Waals surface area (Å²) in [5.41, 5.74) is 0. The van der Waals surface area contributed by atoms with E-state index < -0.39 is 0 Å². The average Bonchev–Trinajstić information content (AvgIpc) is 2.63. The first-order valence-electron chi connectivity index (χ1n) is 5.72. The van der Waals surface area contributed by atoms with E-state index in [4.69, 9.17) is 0 Å². The van der Waals surface area contributed by atoms with Crippen molar-refractivity contribution < 1.29 is 9.59 Å². The van der Waals surface area contributed by atoms with Gasteiger partial charge in [-0.25, -0.2) is 0 Å². The number of thiophene rings is 1. The fourth-order valence-corrected chi connectivity index (χ4v) is 3.47. The number of rotatable bonds is 3. The molecule has 2 heterocycles. The zero-order valence-electron chi connectivity index (χ0n) is 9.45. The third-order valence-corrected chi connectivity index (χ3v) is 4.76. The fourth-order valence-electron chi connectivity index (χ4n) is 1.94. The second kappa shape index (κ2) is 5.78. The largest absolute Gasteiger partial charge is 0.335 e. The smallest absolute Gasteiger partial charge is 0.222 e. The van der Waals surface area contributed by atoms with Gasteiger partial charge in [-0.3, -0.25) is 9.59 Å². The normalized spacial score (nSPS) is 17.0. The van der Waals surface area contributed by atoms with Crippen LogP contribution in [0.5, 0.6) is 0 Å². The standard InChI is InChI=1S/C12H14BrNO2S/c13-9-5-7-17-12(9)10(15)8-14-6-3-1-2-4-11(14)16/h5,7H,1-4,6,8H2. The van der Waals surface area contributed by atoms with Crippen LogP contribution in [0.4, 0.5) is 0 Å². The molecule has 92 valence electrons. The van der Waals surface area contributed by atoms with Gasteiger partial charge in [-0.05, 0) is 40.2 Å². The van der Waals surface area contributed by atoms with Crippen LogP contribution in [0.2, 0.25) is 0 Å². The molecule has 1 aromatic rings. The van der Waals surface area contributed by atoms with Crippen molar-refractivity contribution in [3.05, 3.63) is 20.8 Å². The van der Waals surface area contributed by atoms with Crippen LogP contribution in [0, 0.1) is 0 Å². The minimum Gasteiger partial charge on any atom is -0.335 e. The molecule has 5 heteroatoms. The van der Waals surface area contributed by atoms with E-state index in [1.54, 1.807) is 4.90 Å². The van der Waals surface area contributed by atoms with Crippen LogP contribution in [0.25, 0.3) is 0 Å². The predicted molar refractivity (Wildman–Crippen MR) is 71.4 cm³/mol. The summed E-state index contributed by atoms with van der Waals surface area (Å²) in [6.07, 6.45) is 3.62. The Morgan fingerprint density at radius 2 is 2.24 bits per heavy atom. The Kier molecular flexibility index (Phi) is 4.34. The Morgan fingerprint density at radius 3 is 2.94 bits per heavy atom. The molecule has 0 atom stereocenters. The Labute approximate surface area is 113 Å². The second-order valence-corrected chi connectivity index (χ2v) is 5.92. The molecule has 1 aromatic heterocycles. The van der Waals surface area contributed by atoms with Crippen molar-refractivity contribution in [1.82, 2.24) is 4.90 Å². The number of halogens is 1. The third-order valence-electron chi connectivity index (χ3n) is 2.88. The van der Waals surface area contributed by atoms with Gasteiger partial charge in [0.1, 0.15) is 0 Å². The molecule has 1 amide bonds. The molecule has 1 fully saturated rings. The van der Waals surface area contributed by atoms with Gasteiger partial charge in [0.25, 0.3) is 0 Å². The molecular weight excluding hydrogens is 302 g/mol. The summed E-state index contributed by atoms with van der Waals surface area (Å²) in [4.78, 5) is 26.2. The van der Waals surface area contributed by atoms with Gasteiger partial charge in [0.2, 0.25) is 5.91 Å². The lowest BCUT2D eigenvalue weighted by Crippen LogP contribution is -2.35. The van der Waals surface area contributed by atoms with Gasteiger partial charge in [-0.15, -0.1) is 11.3 Å². The van der Waals surface area contributed by atoms with E-state index in [1.807, 2.05) is 11.4 Å². The van der Waals surface area contributed by atoms with Crippen LogP contribution in [-0.4, -0.2) is 29.7 Å². The molecule has 0 radical (unpaired) electrons. The number of carbonyl (C=O) groups excluding carboxylic acids is 2. The van der Waals surface area contributed by atoms with E-state index in [-0.39, 0.29) is 18.2 Å². The van der Waals surface area contributed by atoms with Crippen molar-refractivity contribution in [3.8, 4) is 0 Å². The number of Topliss-reactive ketones (excluding diaryl/α,β-unsaturated/α-hetero) is 1. The molecule has 17 heavy (non-hydrogen) atoms. The molecule has 0 bridgehead atoms. The molecular formula is C12H14BrNO2S. The summed E-state index contributed by atoms with van der Waals surface area (Å²) in [6.45, 7) is 0.936. The van der Waals surface area contributed by atoms with Crippen LogP contribution in [0.15, 0.2) is 15.9 Å². The lowest BCUT2D eigenvalue weighted by Gasteiger charge is -2.19. The van der Waals surface area contributed by atoms with Gasteiger partial charge in [0.05, 0.1) is 11.4 Å². The molecule has 1 saturated heterocycles. The minimum absolute atomic E-state index is 0.0297. The van der Waals surface area contributed by atoms with E-state index in [2.05, 4.69) is 15.9 Å². The van der Waals surface area contributed by atoms with Crippen LogP contribution in [-0.2, 0) is 4.79 Å². The topological polar surface area (TPSA) is 37.4 Å². The van der Waals surface area contributed by atoms with Crippen LogP contribution < -0.4 is 0 Å². The van der Waals surface area contributed by atoms with Crippen LogP contribution in [0.3, 0.4) is 0 Å². The first kappa shape index (κ1) is 12.8. The number of hydrogen-bond acceptors (Lipinski definition) is 3. The number of carbonyl (C=O) groups is 2. The van der Waals surface area contributed by atoms with Gasteiger partial charge < -0.3 is 4.90 Å². The van der Waals surface area contributed by atoms with Crippen molar-refractivity contribution in [3.63, 3.8) is 0 Å². The van der Waals surface area contributed by atoms with Crippen LogP contribution >= 0.6 is 27.3 Å². The Balaban J connectivity index is 2.02. The van der Waals surface area contributed by atoms with E-state index >= 15 is 0 Å². The van der Waals surface area contributed by atoms with Crippen LogP contribution in [0.1, 0.15) is 35.4 Å². The van der Waals surface area contributed by atoms with Crippen molar-refractivity contribution in [2.45, 2.75) is 25.7 Å². The van der Waals surface area contributed by atoms with E-state index in [1.165, 1.54) is 11.3 Å². The maximum atomic E-state index is 12.0. The maximum absolute atomic E-state index is 12.0. The summed E-state index contributed by atoms with van der Waals surface area (Å²) >= 11 is 4.77. The summed E-state index contributed by atoms with van der Waals surface area (Å²) in [5, 5.41) is 1.88. The van der Waals surface area contributed by atoms with Gasteiger partial charge >= 0.3 is 0 Å². The summed E-state index contributed by atoms with van der Waals surface area (Å²) in [7, 11) is 0. The highest BCUT2D eigenvalue weighted by molar-refractivity contribution is 9.10. The molecule has 1 aliphatic heterocycles. The second-order valence-electron chi connectivity index (χ2n) is 4.15. The summed E-state index contributed by atoms with van der Waals surface area (Å²) in [5.74, 6) is 0.144. The van der Waals surface area contributed by atoms with E-state index in [9.17, 15) is 9.59 Å². The zero-order valence-corrected chi connectivity index (χ0v) is 11.8. The Bertz CT molecular complexity index is 430. The highest BCUT2D eigenvalue weighted by atomic mass is 79.9. The predicted octanol–water partition coefficient (Wildman–Crippen LogP) is 3.10. The van der Waals surface area contributed by atoms with Gasteiger partial charge in [0, 0.05) is 17.4 Å². The van der Waals surface area contributed by atoms with Crippen molar-refractivity contribution in [1.29, 1.82) is 0 Å². The quantitative estimate of drug-likeness (QED) is 0.804. The number of hydrogen-bond donors (Lipinski definition) is 0. The lowest BCUT2D eigenvalue weighted by molar-refractivity contribution is -0.130. The van der Waals surface area contributed by atoms with Crippen molar-refractivity contribution in [2.75, 3.05) is 13.1 Å². The zero-order chi connectivity index (χ0) is 12.3.